The van der Waals surface area contributed by atoms with E-state index in [0.717, 1.165) is 0 Å². The van der Waals surface area contributed by atoms with E-state index in [1.165, 1.54) is 32.1 Å². The Morgan fingerprint density at radius 3 is 1.12 bits per heavy atom. The number of aromatic nitrogens is 4. The Morgan fingerprint density at radius 2 is 0.938 bits per heavy atom. The van der Waals surface area contributed by atoms with Crippen molar-refractivity contribution in [3.8, 4) is 11.8 Å². The molecule has 2 aromatic heterocycles. The van der Waals surface area contributed by atoms with Crippen molar-refractivity contribution in [3.05, 3.63) is 41.4 Å². The quantitative estimate of drug-likeness (QED) is 0.368. The molecule has 0 aliphatic heterocycles. The highest BCUT2D eigenvalue weighted by molar-refractivity contribution is 7.71. The molecule has 0 unspecified atom stereocenters. The van der Waals surface area contributed by atoms with Crippen LogP contribution in [0.3, 0.4) is 0 Å². The van der Waals surface area contributed by atoms with E-state index in [4.69, 9.17) is 35.3 Å². The number of rotatable bonds is 6. The summed E-state index contributed by atoms with van der Waals surface area (Å²) in [6.07, 6.45) is 0. The maximum absolute atomic E-state index is 11.9. The van der Waals surface area contributed by atoms with Crippen molar-refractivity contribution in [1.82, 2.24) is 18.3 Å². The number of hydrogen-bond acceptors (Lipinski definition) is 8. The van der Waals surface area contributed by atoms with Crippen molar-refractivity contribution >= 4 is 35.9 Å². The smallest absolute Gasteiger partial charge is 0.267 e. The van der Waals surface area contributed by atoms with Crippen molar-refractivity contribution in [2.24, 2.45) is 0 Å². The van der Waals surface area contributed by atoms with Crippen molar-refractivity contribution in [1.29, 1.82) is 10.8 Å². The molecule has 12 heteroatoms. The lowest BCUT2D eigenvalue weighted by Crippen LogP contribution is -2.29. The molecule has 0 spiro atoms. The minimum absolute atomic E-state index is 0.0253. The third-order valence-electron chi connectivity index (χ3n) is 4.82. The van der Waals surface area contributed by atoms with Crippen molar-refractivity contribution in [3.63, 3.8) is 0 Å². The van der Waals surface area contributed by atoms with Crippen LogP contribution >= 0.6 is 24.4 Å². The van der Waals surface area contributed by atoms with E-state index in [2.05, 4.69) is 0 Å². The predicted molar refractivity (Wildman–Crippen MR) is 130 cm³/mol. The first-order valence-electron chi connectivity index (χ1n) is 10.1. The fourth-order valence-corrected chi connectivity index (χ4v) is 4.02. The number of hydrogen-bond donors (Lipinski definition) is 4. The van der Waals surface area contributed by atoms with Crippen LogP contribution < -0.4 is 11.1 Å². The molecule has 0 fully saturated rings. The molecule has 0 saturated heterocycles. The first-order chi connectivity index (χ1) is 14.9. The summed E-state index contributed by atoms with van der Waals surface area (Å²) in [6, 6.07) is 0. The molecule has 10 nitrogen and oxygen atoms in total. The maximum atomic E-state index is 11.9. The molecule has 176 valence electrons. The van der Waals surface area contributed by atoms with Crippen LogP contribution in [0, 0.1) is 20.4 Å². The van der Waals surface area contributed by atoms with Gasteiger partial charge in [-0.1, -0.05) is 0 Å². The van der Waals surface area contributed by atoms with Gasteiger partial charge in [-0.15, -0.1) is 0 Å². The summed E-state index contributed by atoms with van der Waals surface area (Å²) in [7, 11) is 0. The van der Waals surface area contributed by atoms with E-state index < -0.39 is 11.1 Å². The van der Waals surface area contributed by atoms with Crippen molar-refractivity contribution in [2.75, 3.05) is 0 Å². The van der Waals surface area contributed by atoms with Crippen LogP contribution in [0.25, 0.3) is 0 Å². The van der Waals surface area contributed by atoms with Crippen LogP contribution in [0.4, 0.5) is 0 Å². The van der Waals surface area contributed by atoms with Crippen LogP contribution in [0.1, 0.15) is 52.7 Å². The Balaban J connectivity index is 0.000000320. The molecule has 2 rings (SSSR count). The van der Waals surface area contributed by atoms with Crippen molar-refractivity contribution in [2.45, 2.75) is 67.7 Å². The van der Waals surface area contributed by atoms with Gasteiger partial charge in [0.1, 0.15) is 11.1 Å². The van der Waals surface area contributed by atoms with Crippen LogP contribution in [-0.2, 0) is 26.2 Å². The van der Waals surface area contributed by atoms with Gasteiger partial charge in [0, 0.05) is 37.6 Å². The molecule has 0 atom stereocenters. The van der Waals surface area contributed by atoms with Gasteiger partial charge in [0.2, 0.25) is 11.8 Å². The molecular weight excluding hydrogens is 452 g/mol. The standard InChI is InChI=1S/2C10H15N3O2S/c2*1-4-12-8(14)7(6(3)11)9(15)13(5-2)10(12)16/h2*11,14H,4-5H2,1-3H3. The molecule has 0 aromatic carbocycles. The highest BCUT2D eigenvalue weighted by Crippen LogP contribution is 2.15. The second-order valence-electron chi connectivity index (χ2n) is 6.80. The minimum atomic E-state index is -0.401. The van der Waals surface area contributed by atoms with Gasteiger partial charge in [-0.3, -0.25) is 27.9 Å². The van der Waals surface area contributed by atoms with Gasteiger partial charge < -0.3 is 21.0 Å². The zero-order valence-corrected chi connectivity index (χ0v) is 20.8. The Kier molecular flexibility index (Phi) is 9.46. The largest absolute Gasteiger partial charge is 0.494 e. The lowest BCUT2D eigenvalue weighted by molar-refractivity contribution is 0.398. The van der Waals surface area contributed by atoms with E-state index in [1.54, 1.807) is 13.8 Å². The zero-order chi connectivity index (χ0) is 24.9. The molecule has 0 aliphatic rings. The lowest BCUT2D eigenvalue weighted by atomic mass is 10.2. The molecular formula is C20H30N6O4S2. The highest BCUT2D eigenvalue weighted by Gasteiger charge is 2.17. The molecule has 0 bridgehead atoms. The van der Waals surface area contributed by atoms with E-state index in [1.807, 2.05) is 13.8 Å². The SMILES string of the molecule is CCn1c(O)c(C(C)=N)c(=O)n(CC)c1=S.CCn1c(O)c(C(C)=N)c(=O)n(CC)c1=S. The molecule has 2 heterocycles. The average Bonchev–Trinajstić information content (AvgIpc) is 2.69. The minimum Gasteiger partial charge on any atom is -0.494 e. The molecule has 32 heavy (non-hydrogen) atoms. The molecule has 0 saturated carbocycles. The monoisotopic (exact) mass is 482 g/mol. The third-order valence-corrected chi connectivity index (χ3v) is 5.70. The van der Waals surface area contributed by atoms with E-state index in [9.17, 15) is 19.8 Å². The van der Waals surface area contributed by atoms with Gasteiger partial charge in [0.15, 0.2) is 9.54 Å². The third kappa shape index (κ3) is 4.96. The van der Waals surface area contributed by atoms with Gasteiger partial charge >= 0.3 is 0 Å². The van der Waals surface area contributed by atoms with Gasteiger partial charge in [0.05, 0.1) is 0 Å². The summed E-state index contributed by atoms with van der Waals surface area (Å²) in [5, 5.41) is 34.8. The summed E-state index contributed by atoms with van der Waals surface area (Å²) in [5.41, 5.74) is -0.664. The van der Waals surface area contributed by atoms with Crippen LogP contribution in [-0.4, -0.2) is 39.9 Å². The highest BCUT2D eigenvalue weighted by atomic mass is 32.1. The molecule has 2 aromatic rings. The molecule has 0 amide bonds. The molecule has 0 aliphatic carbocycles. The maximum Gasteiger partial charge on any atom is 0.267 e. The van der Waals surface area contributed by atoms with Gasteiger partial charge in [0.25, 0.3) is 11.1 Å². The van der Waals surface area contributed by atoms with E-state index in [-0.39, 0.29) is 43.9 Å². The molecule has 0 radical (unpaired) electrons. The van der Waals surface area contributed by atoms with Crippen LogP contribution in [0.2, 0.25) is 0 Å². The summed E-state index contributed by atoms with van der Waals surface area (Å²) in [5.74, 6) is -0.426. The number of nitrogens with zero attached hydrogens (tertiary/aromatic N) is 4. The normalized spacial score (nSPS) is 10.4. The summed E-state index contributed by atoms with van der Waals surface area (Å²) in [6.45, 7) is 12.0. The van der Waals surface area contributed by atoms with Crippen LogP contribution in [0.15, 0.2) is 9.59 Å². The fourth-order valence-electron chi connectivity index (χ4n) is 3.16. The first kappa shape index (κ1) is 27.2. The second-order valence-corrected chi connectivity index (χ2v) is 7.53. The van der Waals surface area contributed by atoms with Crippen molar-refractivity contribution < 1.29 is 10.2 Å². The summed E-state index contributed by atoms with van der Waals surface area (Å²) >= 11 is 10.2. The Hall–Kier alpha value is -2.86. The van der Waals surface area contributed by atoms with Gasteiger partial charge in [-0.2, -0.15) is 0 Å². The van der Waals surface area contributed by atoms with E-state index in [0.29, 0.717) is 26.2 Å². The Bertz CT molecular complexity index is 1180. The zero-order valence-electron chi connectivity index (χ0n) is 19.1. The van der Waals surface area contributed by atoms with Crippen LogP contribution in [0.5, 0.6) is 11.8 Å². The topological polar surface area (TPSA) is 142 Å². The fraction of sp³-hybridized carbons (Fsp3) is 0.500. The Labute approximate surface area is 196 Å². The summed E-state index contributed by atoms with van der Waals surface area (Å²) < 4.78 is 6.24. The van der Waals surface area contributed by atoms with E-state index >= 15 is 0 Å². The number of nitrogens with one attached hydrogen (secondary N) is 2. The van der Waals surface area contributed by atoms with Gasteiger partial charge in [-0.25, -0.2) is 0 Å². The summed E-state index contributed by atoms with van der Waals surface area (Å²) in [4.78, 5) is 23.9. The predicted octanol–water partition coefficient (Wildman–Crippen LogP) is 3.02. The average molecular weight is 483 g/mol. The second kappa shape index (κ2) is 11.1. The lowest BCUT2D eigenvalue weighted by Gasteiger charge is -2.14. The Morgan fingerprint density at radius 1 is 0.688 bits per heavy atom. The molecule has 4 N–H and O–H groups in total. The number of aromatic hydroxyl groups is 2. The first-order valence-corrected chi connectivity index (χ1v) is 11.0. The van der Waals surface area contributed by atoms with Gasteiger partial charge in [-0.05, 0) is 66.0 Å².